The van der Waals surface area contributed by atoms with Crippen LogP contribution in [0.5, 0.6) is 17.2 Å². The summed E-state index contributed by atoms with van der Waals surface area (Å²) in [7, 11) is 0. The number of nitriles is 1. The van der Waals surface area contributed by atoms with Crippen LogP contribution in [-0.2, 0) is 6.42 Å². The van der Waals surface area contributed by atoms with Crippen LogP contribution < -0.4 is 9.47 Å². The highest BCUT2D eigenvalue weighted by atomic mass is 16.5. The van der Waals surface area contributed by atoms with Gasteiger partial charge in [-0.05, 0) is 36.8 Å². The molecule has 0 unspecified atom stereocenters. The Morgan fingerprint density at radius 3 is 2.58 bits per heavy atom. The number of hydrogen-bond acceptors (Lipinski definition) is 3. The minimum Gasteiger partial charge on any atom is -0.490 e. The number of nitrogens with zero attached hydrogens (tertiary/aromatic N) is 1. The summed E-state index contributed by atoms with van der Waals surface area (Å²) >= 11 is 0. The van der Waals surface area contributed by atoms with E-state index < -0.39 is 0 Å². The minimum absolute atomic E-state index is 0.379. The molecule has 2 aromatic carbocycles. The molecule has 96 valence electrons. The average Bonchev–Trinajstić information content (AvgIpc) is 2.42. The van der Waals surface area contributed by atoms with Gasteiger partial charge in [-0.1, -0.05) is 24.3 Å². The van der Waals surface area contributed by atoms with Gasteiger partial charge in [-0.3, -0.25) is 0 Å². The zero-order chi connectivity index (χ0) is 13.5. The summed E-state index contributed by atoms with van der Waals surface area (Å²) in [6, 6.07) is 17.2. The first-order valence-corrected chi connectivity index (χ1v) is 6.19. The second-order valence-corrected chi connectivity index (χ2v) is 3.96. The molecule has 0 N–H and O–H groups in total. The van der Waals surface area contributed by atoms with E-state index in [2.05, 4.69) is 6.07 Å². The van der Waals surface area contributed by atoms with Gasteiger partial charge in [0.1, 0.15) is 5.75 Å². The number of benzene rings is 2. The van der Waals surface area contributed by atoms with Gasteiger partial charge in [-0.15, -0.1) is 0 Å². The third-order valence-corrected chi connectivity index (χ3v) is 2.56. The maximum Gasteiger partial charge on any atom is 0.169 e. The Morgan fingerprint density at radius 2 is 1.84 bits per heavy atom. The van der Waals surface area contributed by atoms with Gasteiger partial charge in [0.2, 0.25) is 0 Å². The Balaban J connectivity index is 2.21. The van der Waals surface area contributed by atoms with Gasteiger partial charge in [0.25, 0.3) is 0 Å². The molecule has 0 bridgehead atoms. The van der Waals surface area contributed by atoms with Gasteiger partial charge >= 0.3 is 0 Å². The van der Waals surface area contributed by atoms with E-state index in [0.717, 1.165) is 11.3 Å². The maximum absolute atomic E-state index is 8.70. The highest BCUT2D eigenvalue weighted by Gasteiger charge is 2.05. The Hall–Kier alpha value is -2.47. The van der Waals surface area contributed by atoms with Gasteiger partial charge in [0.15, 0.2) is 11.5 Å². The Kier molecular flexibility index (Phi) is 4.41. The van der Waals surface area contributed by atoms with Gasteiger partial charge in [-0.25, -0.2) is 0 Å². The number of para-hydroxylation sites is 2. The van der Waals surface area contributed by atoms with Gasteiger partial charge in [-0.2, -0.15) is 5.26 Å². The van der Waals surface area contributed by atoms with E-state index in [9.17, 15) is 0 Å². The normalized spacial score (nSPS) is 9.68. The molecule has 0 radical (unpaired) electrons. The molecule has 0 saturated carbocycles. The topological polar surface area (TPSA) is 42.2 Å². The van der Waals surface area contributed by atoms with E-state index in [1.54, 1.807) is 0 Å². The van der Waals surface area contributed by atoms with E-state index in [0.29, 0.717) is 24.5 Å². The number of rotatable bonds is 5. The van der Waals surface area contributed by atoms with Crippen molar-refractivity contribution in [1.29, 1.82) is 5.26 Å². The van der Waals surface area contributed by atoms with Crippen LogP contribution in [0.1, 0.15) is 12.5 Å². The molecule has 0 aliphatic heterocycles. The third kappa shape index (κ3) is 3.49. The molecule has 0 heterocycles. The van der Waals surface area contributed by atoms with E-state index >= 15 is 0 Å². The summed E-state index contributed by atoms with van der Waals surface area (Å²) in [6.07, 6.45) is 0.379. The van der Waals surface area contributed by atoms with Crippen LogP contribution >= 0.6 is 0 Å². The fraction of sp³-hybridized carbons (Fsp3) is 0.188. The zero-order valence-corrected chi connectivity index (χ0v) is 10.8. The smallest absolute Gasteiger partial charge is 0.169 e. The molecule has 0 spiro atoms. The molecule has 0 fully saturated rings. The first kappa shape index (κ1) is 13.0. The number of hydrogen-bond donors (Lipinski definition) is 0. The largest absolute Gasteiger partial charge is 0.490 e. The van der Waals surface area contributed by atoms with Crippen LogP contribution in [0.4, 0.5) is 0 Å². The van der Waals surface area contributed by atoms with E-state index in [-0.39, 0.29) is 0 Å². The van der Waals surface area contributed by atoms with Crippen molar-refractivity contribution in [2.45, 2.75) is 13.3 Å². The van der Waals surface area contributed by atoms with Crippen LogP contribution in [0, 0.1) is 11.3 Å². The van der Waals surface area contributed by atoms with E-state index in [1.807, 2.05) is 55.5 Å². The molecule has 0 aliphatic rings. The van der Waals surface area contributed by atoms with Crippen molar-refractivity contribution in [1.82, 2.24) is 0 Å². The molecule has 2 aromatic rings. The van der Waals surface area contributed by atoms with Crippen LogP contribution in [-0.4, -0.2) is 6.61 Å². The molecule has 0 aromatic heterocycles. The maximum atomic E-state index is 8.70. The standard InChI is InChI=1S/C16H15NO2/c1-2-18-15-8-3-4-9-16(15)19-14-7-5-6-13(12-14)10-11-17/h3-9,12H,2,10H2,1H3. The van der Waals surface area contributed by atoms with Gasteiger partial charge < -0.3 is 9.47 Å². The SMILES string of the molecule is CCOc1ccccc1Oc1cccc(CC#N)c1. The van der Waals surface area contributed by atoms with Crippen molar-refractivity contribution in [2.75, 3.05) is 6.61 Å². The lowest BCUT2D eigenvalue weighted by Crippen LogP contribution is -1.95. The average molecular weight is 253 g/mol. The Morgan fingerprint density at radius 1 is 1.05 bits per heavy atom. The first-order valence-electron chi connectivity index (χ1n) is 6.19. The van der Waals surface area contributed by atoms with Gasteiger partial charge in [0, 0.05) is 0 Å². The highest BCUT2D eigenvalue weighted by Crippen LogP contribution is 2.31. The Bertz CT molecular complexity index is 587. The summed E-state index contributed by atoms with van der Waals surface area (Å²) in [5, 5.41) is 8.70. The second-order valence-electron chi connectivity index (χ2n) is 3.96. The van der Waals surface area contributed by atoms with Crippen molar-refractivity contribution in [2.24, 2.45) is 0 Å². The van der Waals surface area contributed by atoms with E-state index in [4.69, 9.17) is 14.7 Å². The minimum atomic E-state index is 0.379. The van der Waals surface area contributed by atoms with Crippen LogP contribution in [0.2, 0.25) is 0 Å². The van der Waals surface area contributed by atoms with Gasteiger partial charge in [0.05, 0.1) is 19.1 Å². The predicted octanol–water partition coefficient (Wildman–Crippen LogP) is 3.94. The van der Waals surface area contributed by atoms with E-state index in [1.165, 1.54) is 0 Å². The summed E-state index contributed by atoms with van der Waals surface area (Å²) in [5.74, 6) is 2.11. The molecule has 2 rings (SSSR count). The lowest BCUT2D eigenvalue weighted by molar-refractivity contribution is 0.321. The summed E-state index contributed by atoms with van der Waals surface area (Å²) < 4.78 is 11.3. The van der Waals surface area contributed by atoms with Crippen molar-refractivity contribution >= 4 is 0 Å². The molecule has 0 aliphatic carbocycles. The van der Waals surface area contributed by atoms with Crippen molar-refractivity contribution in [3.05, 3.63) is 54.1 Å². The molecule has 0 saturated heterocycles. The number of ether oxygens (including phenoxy) is 2. The Labute approximate surface area is 113 Å². The fourth-order valence-corrected chi connectivity index (χ4v) is 1.75. The molecule has 19 heavy (non-hydrogen) atoms. The molecule has 3 nitrogen and oxygen atoms in total. The molecule has 3 heteroatoms. The molecule has 0 atom stereocenters. The quantitative estimate of drug-likeness (QED) is 0.810. The van der Waals surface area contributed by atoms with Crippen molar-refractivity contribution < 1.29 is 9.47 Å². The summed E-state index contributed by atoms with van der Waals surface area (Å²) in [5.41, 5.74) is 0.939. The molecular weight excluding hydrogens is 238 g/mol. The van der Waals surface area contributed by atoms with Crippen LogP contribution in [0.3, 0.4) is 0 Å². The monoisotopic (exact) mass is 253 g/mol. The van der Waals surface area contributed by atoms with Crippen LogP contribution in [0.15, 0.2) is 48.5 Å². The van der Waals surface area contributed by atoms with Crippen molar-refractivity contribution in [3.63, 3.8) is 0 Å². The highest BCUT2D eigenvalue weighted by molar-refractivity contribution is 5.43. The summed E-state index contributed by atoms with van der Waals surface area (Å²) in [6.45, 7) is 2.53. The molecular formula is C16H15NO2. The zero-order valence-electron chi connectivity index (χ0n) is 10.8. The molecule has 0 amide bonds. The second kappa shape index (κ2) is 6.46. The third-order valence-electron chi connectivity index (χ3n) is 2.56. The lowest BCUT2D eigenvalue weighted by atomic mass is 10.1. The summed E-state index contributed by atoms with van der Waals surface area (Å²) in [4.78, 5) is 0. The van der Waals surface area contributed by atoms with Crippen molar-refractivity contribution in [3.8, 4) is 23.3 Å². The predicted molar refractivity (Wildman–Crippen MR) is 73.4 cm³/mol. The van der Waals surface area contributed by atoms with Crippen LogP contribution in [0.25, 0.3) is 0 Å². The lowest BCUT2D eigenvalue weighted by Gasteiger charge is -2.11. The fourth-order valence-electron chi connectivity index (χ4n) is 1.75. The first-order chi connectivity index (χ1) is 9.33.